The highest BCUT2D eigenvalue weighted by Crippen LogP contribution is 2.25. The largest absolute Gasteiger partial charge is 0.397 e. The van der Waals surface area contributed by atoms with Gasteiger partial charge in [-0.05, 0) is 36.8 Å². The van der Waals surface area contributed by atoms with E-state index in [1.165, 1.54) is 0 Å². The van der Waals surface area contributed by atoms with Crippen LogP contribution in [0.3, 0.4) is 0 Å². The molecule has 0 saturated heterocycles. The SMILES string of the molecule is Cc1ccc(N)c(Nc2ccccc2C#N)c1. The minimum Gasteiger partial charge on any atom is -0.397 e. The summed E-state index contributed by atoms with van der Waals surface area (Å²) in [5, 5.41) is 12.2. The van der Waals surface area contributed by atoms with Gasteiger partial charge in [-0.25, -0.2) is 0 Å². The smallest absolute Gasteiger partial charge is 0.101 e. The van der Waals surface area contributed by atoms with Crippen molar-refractivity contribution >= 4 is 17.1 Å². The van der Waals surface area contributed by atoms with Gasteiger partial charge in [0.2, 0.25) is 0 Å². The van der Waals surface area contributed by atoms with Crippen LogP contribution in [0.25, 0.3) is 0 Å². The van der Waals surface area contributed by atoms with E-state index in [0.717, 1.165) is 16.9 Å². The Morgan fingerprint density at radius 3 is 2.65 bits per heavy atom. The molecule has 0 fully saturated rings. The van der Waals surface area contributed by atoms with Gasteiger partial charge in [-0.2, -0.15) is 5.26 Å². The Morgan fingerprint density at radius 2 is 1.88 bits per heavy atom. The Hall–Kier alpha value is -2.47. The first-order chi connectivity index (χ1) is 8.20. The van der Waals surface area contributed by atoms with Crippen molar-refractivity contribution in [2.75, 3.05) is 11.1 Å². The minimum absolute atomic E-state index is 0.605. The fourth-order valence-corrected chi connectivity index (χ4v) is 1.61. The second-order valence-corrected chi connectivity index (χ2v) is 3.87. The highest BCUT2D eigenvalue weighted by molar-refractivity contribution is 5.75. The van der Waals surface area contributed by atoms with Crippen molar-refractivity contribution in [1.29, 1.82) is 5.26 Å². The number of nitriles is 1. The molecule has 0 amide bonds. The molecule has 0 atom stereocenters. The third kappa shape index (κ3) is 2.37. The van der Waals surface area contributed by atoms with Gasteiger partial charge in [0.05, 0.1) is 22.6 Å². The number of hydrogen-bond acceptors (Lipinski definition) is 3. The van der Waals surface area contributed by atoms with E-state index in [-0.39, 0.29) is 0 Å². The number of hydrogen-bond donors (Lipinski definition) is 2. The zero-order valence-electron chi connectivity index (χ0n) is 9.57. The number of nitrogens with one attached hydrogen (secondary N) is 1. The molecule has 0 saturated carbocycles. The molecule has 2 aromatic rings. The van der Waals surface area contributed by atoms with Crippen LogP contribution in [-0.2, 0) is 0 Å². The third-order valence-electron chi connectivity index (χ3n) is 2.53. The van der Waals surface area contributed by atoms with Crippen molar-refractivity contribution in [3.05, 3.63) is 53.6 Å². The Labute approximate surface area is 101 Å². The standard InChI is InChI=1S/C14H13N3/c1-10-6-7-12(16)14(8-10)17-13-5-3-2-4-11(13)9-15/h2-8,17H,16H2,1H3. The molecule has 0 heterocycles. The lowest BCUT2D eigenvalue weighted by Gasteiger charge is -2.11. The average Bonchev–Trinajstić information content (AvgIpc) is 2.34. The van der Waals surface area contributed by atoms with E-state index in [0.29, 0.717) is 11.3 Å². The van der Waals surface area contributed by atoms with E-state index in [1.807, 2.05) is 43.3 Å². The van der Waals surface area contributed by atoms with Crippen molar-refractivity contribution in [2.45, 2.75) is 6.92 Å². The summed E-state index contributed by atoms with van der Waals surface area (Å²) in [6, 6.07) is 15.3. The number of nitrogen functional groups attached to an aromatic ring is 1. The first-order valence-corrected chi connectivity index (χ1v) is 5.33. The van der Waals surface area contributed by atoms with Crippen LogP contribution in [0.15, 0.2) is 42.5 Å². The van der Waals surface area contributed by atoms with Gasteiger partial charge in [-0.3, -0.25) is 0 Å². The van der Waals surface area contributed by atoms with E-state index < -0.39 is 0 Å². The van der Waals surface area contributed by atoms with Gasteiger partial charge in [-0.15, -0.1) is 0 Å². The van der Waals surface area contributed by atoms with E-state index in [4.69, 9.17) is 11.0 Å². The van der Waals surface area contributed by atoms with Crippen LogP contribution in [-0.4, -0.2) is 0 Å². The van der Waals surface area contributed by atoms with Crippen LogP contribution in [0, 0.1) is 18.3 Å². The predicted octanol–water partition coefficient (Wildman–Crippen LogP) is 3.19. The number of nitrogens with two attached hydrogens (primary N) is 1. The molecule has 2 rings (SSSR count). The van der Waals surface area contributed by atoms with Crippen LogP contribution < -0.4 is 11.1 Å². The Bertz CT molecular complexity index is 582. The molecule has 0 spiro atoms. The summed E-state index contributed by atoms with van der Waals surface area (Å²) in [6.45, 7) is 2.00. The number of para-hydroxylation sites is 1. The fraction of sp³-hybridized carbons (Fsp3) is 0.0714. The first kappa shape index (κ1) is 11.0. The Morgan fingerprint density at radius 1 is 1.12 bits per heavy atom. The van der Waals surface area contributed by atoms with E-state index in [1.54, 1.807) is 6.07 Å². The summed E-state index contributed by atoms with van der Waals surface area (Å²) in [7, 11) is 0. The predicted molar refractivity (Wildman–Crippen MR) is 70.0 cm³/mol. The van der Waals surface area contributed by atoms with Gasteiger partial charge in [0, 0.05) is 0 Å². The average molecular weight is 223 g/mol. The van der Waals surface area contributed by atoms with Crippen molar-refractivity contribution < 1.29 is 0 Å². The summed E-state index contributed by atoms with van der Waals surface area (Å²) >= 11 is 0. The highest BCUT2D eigenvalue weighted by atomic mass is 14.9. The molecule has 17 heavy (non-hydrogen) atoms. The monoisotopic (exact) mass is 223 g/mol. The molecule has 84 valence electrons. The molecular weight excluding hydrogens is 210 g/mol. The molecular formula is C14H13N3. The number of anilines is 3. The molecule has 0 bridgehead atoms. The third-order valence-corrected chi connectivity index (χ3v) is 2.53. The summed E-state index contributed by atoms with van der Waals surface area (Å²) in [6.07, 6.45) is 0. The van der Waals surface area contributed by atoms with Crippen LogP contribution in [0.4, 0.5) is 17.1 Å². The number of aryl methyl sites for hydroxylation is 1. The zero-order valence-corrected chi connectivity index (χ0v) is 9.57. The number of nitrogens with zero attached hydrogens (tertiary/aromatic N) is 1. The molecule has 0 unspecified atom stereocenters. The molecule has 0 aliphatic carbocycles. The maximum Gasteiger partial charge on any atom is 0.101 e. The Balaban J connectivity index is 2.38. The minimum atomic E-state index is 0.605. The topological polar surface area (TPSA) is 61.8 Å². The molecule has 0 radical (unpaired) electrons. The van der Waals surface area contributed by atoms with Crippen molar-refractivity contribution in [3.63, 3.8) is 0 Å². The maximum absolute atomic E-state index is 9.00. The van der Waals surface area contributed by atoms with E-state index in [9.17, 15) is 0 Å². The lowest BCUT2D eigenvalue weighted by molar-refractivity contribution is 1.43. The van der Waals surface area contributed by atoms with E-state index in [2.05, 4.69) is 11.4 Å². The molecule has 2 aromatic carbocycles. The van der Waals surface area contributed by atoms with Gasteiger partial charge < -0.3 is 11.1 Å². The van der Waals surface area contributed by atoms with Gasteiger partial charge in [0.15, 0.2) is 0 Å². The van der Waals surface area contributed by atoms with Gasteiger partial charge in [-0.1, -0.05) is 18.2 Å². The van der Waals surface area contributed by atoms with Gasteiger partial charge in [0.1, 0.15) is 6.07 Å². The van der Waals surface area contributed by atoms with E-state index >= 15 is 0 Å². The van der Waals surface area contributed by atoms with Crippen molar-refractivity contribution in [1.82, 2.24) is 0 Å². The number of rotatable bonds is 2. The Kier molecular flexibility index (Phi) is 2.97. The van der Waals surface area contributed by atoms with Crippen LogP contribution in [0.2, 0.25) is 0 Å². The zero-order chi connectivity index (χ0) is 12.3. The summed E-state index contributed by atoms with van der Waals surface area (Å²) in [4.78, 5) is 0. The second kappa shape index (κ2) is 4.58. The molecule has 0 aliphatic rings. The van der Waals surface area contributed by atoms with Crippen LogP contribution in [0.5, 0.6) is 0 Å². The quantitative estimate of drug-likeness (QED) is 0.768. The van der Waals surface area contributed by atoms with Crippen molar-refractivity contribution in [3.8, 4) is 6.07 Å². The van der Waals surface area contributed by atoms with Crippen molar-refractivity contribution in [2.24, 2.45) is 0 Å². The lowest BCUT2D eigenvalue weighted by atomic mass is 10.1. The normalized spacial score (nSPS) is 9.65. The second-order valence-electron chi connectivity index (χ2n) is 3.87. The van der Waals surface area contributed by atoms with Gasteiger partial charge in [0.25, 0.3) is 0 Å². The highest BCUT2D eigenvalue weighted by Gasteiger charge is 2.03. The van der Waals surface area contributed by atoms with Gasteiger partial charge >= 0.3 is 0 Å². The summed E-state index contributed by atoms with van der Waals surface area (Å²) < 4.78 is 0. The molecule has 0 aromatic heterocycles. The summed E-state index contributed by atoms with van der Waals surface area (Å²) in [5.74, 6) is 0. The molecule has 3 heteroatoms. The first-order valence-electron chi connectivity index (χ1n) is 5.33. The number of benzene rings is 2. The summed E-state index contributed by atoms with van der Waals surface area (Å²) in [5.41, 5.74) is 9.88. The van der Waals surface area contributed by atoms with Crippen LogP contribution in [0.1, 0.15) is 11.1 Å². The fourth-order valence-electron chi connectivity index (χ4n) is 1.61. The maximum atomic E-state index is 9.00. The molecule has 3 N–H and O–H groups in total. The lowest BCUT2D eigenvalue weighted by Crippen LogP contribution is -1.98. The van der Waals surface area contributed by atoms with Crippen LogP contribution >= 0.6 is 0 Å². The molecule has 0 aliphatic heterocycles. The molecule has 3 nitrogen and oxygen atoms in total.